The molecule has 0 bridgehead atoms. The number of nitrogens with two attached hydrogens (primary N) is 2. The lowest BCUT2D eigenvalue weighted by Gasteiger charge is -2.32. The summed E-state index contributed by atoms with van der Waals surface area (Å²) in [5.74, 6) is -2.12. The highest BCUT2D eigenvalue weighted by atomic mass is 32.2. The molecule has 8 N–H and O–H groups in total. The van der Waals surface area contributed by atoms with Crippen LogP contribution >= 0.6 is 23.5 Å². The second-order valence-corrected chi connectivity index (χ2v) is 26.0. The lowest BCUT2D eigenvalue weighted by Crippen LogP contribution is -2.57. The summed E-state index contributed by atoms with van der Waals surface area (Å²) in [4.78, 5) is 84.8. The maximum absolute atomic E-state index is 14.4. The minimum absolute atomic E-state index is 0.00934. The Hall–Kier alpha value is -4.20. The molecule has 0 aromatic heterocycles. The van der Waals surface area contributed by atoms with Gasteiger partial charge in [0.2, 0.25) is 35.4 Å². The van der Waals surface area contributed by atoms with E-state index in [4.69, 9.17) is 20.9 Å². The van der Waals surface area contributed by atoms with E-state index in [1.54, 1.807) is 61.3 Å². The first kappa shape index (κ1) is 56.0. The molecule has 2 aromatic carbocycles. The number of ether oxygens (including phenoxy) is 2. The first-order valence-corrected chi connectivity index (χ1v) is 29.0. The number of amides is 6. The Kier molecular flexibility index (Phi) is 17.9. The van der Waals surface area contributed by atoms with Crippen LogP contribution in [0.4, 0.5) is 0 Å². The molecule has 18 heteroatoms. The fraction of sp³-hybridized carbons (Fsp3) is 0.679. The Labute approximate surface area is 446 Å². The molecule has 2 aliphatic carbocycles. The predicted molar refractivity (Wildman–Crippen MR) is 290 cm³/mol. The molecule has 0 spiro atoms. The van der Waals surface area contributed by atoms with Gasteiger partial charge in [-0.15, -0.1) is 23.5 Å². The topological polar surface area (TPSA) is 228 Å². The van der Waals surface area contributed by atoms with Gasteiger partial charge in [-0.2, -0.15) is 0 Å². The first-order chi connectivity index (χ1) is 35.3. The minimum atomic E-state index is -0.815. The molecular formula is C56H82N8O8S2. The van der Waals surface area contributed by atoms with E-state index in [0.29, 0.717) is 38.9 Å². The number of primary amides is 2. The van der Waals surface area contributed by atoms with Gasteiger partial charge in [0.1, 0.15) is 24.2 Å². The smallest absolute Gasteiger partial charge is 0.246 e. The number of thioether (sulfide) groups is 2. The number of benzene rings is 2. The van der Waals surface area contributed by atoms with Crippen molar-refractivity contribution in [3.8, 4) is 0 Å². The Morgan fingerprint density at radius 2 is 0.986 bits per heavy atom. The van der Waals surface area contributed by atoms with Gasteiger partial charge in [0, 0.05) is 35.5 Å². The Morgan fingerprint density at radius 3 is 1.35 bits per heavy atom. The number of fused-ring (bicyclic) bond motifs is 4. The summed E-state index contributed by atoms with van der Waals surface area (Å²) in [6.45, 7) is 12.7. The SMILES string of the molecule is CN[C@@H](C)C(=O)NC1CC([C@H]2c3ccccc3C[C@H]2OCCCCCCCCO[C@@H]2Cc3ccccc3[C@@H]2C2CC(NC(=O)[C@H](C)NC)C(=O)N3C(CC(C)(C)C3C(N)=O)S2)SC2CC(C)(C)C(C(N)=O)N2C1=O. The summed E-state index contributed by atoms with van der Waals surface area (Å²) in [6, 6.07) is 12.8. The van der Waals surface area contributed by atoms with Gasteiger partial charge < -0.3 is 52.0 Å². The van der Waals surface area contributed by atoms with Crippen molar-refractivity contribution in [2.75, 3.05) is 27.3 Å². The largest absolute Gasteiger partial charge is 0.377 e. The predicted octanol–water partition coefficient (Wildman–Crippen LogP) is 4.85. The fourth-order valence-electron chi connectivity index (χ4n) is 13.1. The monoisotopic (exact) mass is 1060 g/mol. The third-order valence-electron chi connectivity index (χ3n) is 17.1. The van der Waals surface area contributed by atoms with Crippen LogP contribution in [-0.4, -0.2) is 142 Å². The van der Waals surface area contributed by atoms with E-state index in [2.05, 4.69) is 69.8 Å². The van der Waals surface area contributed by atoms with Crippen LogP contribution in [0.3, 0.4) is 0 Å². The summed E-state index contributed by atoms with van der Waals surface area (Å²) in [7, 11) is 3.43. The Bertz CT molecular complexity index is 2230. The zero-order valence-electron chi connectivity index (χ0n) is 44.7. The minimum Gasteiger partial charge on any atom is -0.377 e. The van der Waals surface area contributed by atoms with Crippen LogP contribution in [0.5, 0.6) is 0 Å². The molecule has 74 heavy (non-hydrogen) atoms. The second-order valence-electron chi connectivity index (χ2n) is 23.2. The standard InChI is InChI=1S/C56H82N8O8S2/c1-31(59-7)51(67)61-37-27-41(73-43-29-55(3,4)47(49(57)65)63(43)53(37)69)45-35-21-15-13-19-33(35)25-39(45)71-23-17-11-9-10-12-18-24-72-40-26-34-20-14-16-22-36(34)46(40)42-28-38(62-52(68)32(2)60-8)54(70)64-44(74-42)30-56(5,6)48(64)50(58)66/h13-16,19-22,31-32,37-48,59-60H,9-12,17-18,23-30H2,1-8H3,(H2,57,65)(H2,58,66)(H,61,67)(H,62,68)/t31-,32-,37?,38?,39+,40+,41?,42?,43?,44?,45-,46-,47?,48?/m0/s1. The number of rotatable bonds is 21. The van der Waals surface area contributed by atoms with Gasteiger partial charge in [0.25, 0.3) is 0 Å². The van der Waals surface area contributed by atoms with Crippen LogP contribution in [-0.2, 0) is 51.1 Å². The molecule has 14 atom stereocenters. The summed E-state index contributed by atoms with van der Waals surface area (Å²) in [5.41, 5.74) is 15.9. The average molecular weight is 1060 g/mol. The maximum Gasteiger partial charge on any atom is 0.246 e. The van der Waals surface area contributed by atoms with Crippen molar-refractivity contribution in [2.45, 2.75) is 200 Å². The van der Waals surface area contributed by atoms with Crippen molar-refractivity contribution in [2.24, 2.45) is 22.3 Å². The van der Waals surface area contributed by atoms with E-state index in [1.165, 1.54) is 22.3 Å². The quantitative estimate of drug-likeness (QED) is 0.0924. The van der Waals surface area contributed by atoms with Crippen molar-refractivity contribution < 1.29 is 38.2 Å². The van der Waals surface area contributed by atoms with Gasteiger partial charge in [-0.3, -0.25) is 28.8 Å². The number of nitrogens with zero attached hydrogens (tertiary/aromatic N) is 2. The molecule has 6 amide bonds. The normalized spacial score (nSPS) is 31.6. The van der Waals surface area contributed by atoms with Crippen molar-refractivity contribution in [1.82, 2.24) is 31.1 Å². The van der Waals surface area contributed by atoms with Crippen LogP contribution in [0.1, 0.15) is 140 Å². The molecule has 8 unspecified atom stereocenters. The number of hydrogen-bond donors (Lipinski definition) is 6. The molecule has 4 heterocycles. The molecule has 0 saturated carbocycles. The first-order valence-electron chi connectivity index (χ1n) is 27.1. The van der Waals surface area contributed by atoms with Crippen LogP contribution in [0, 0.1) is 10.8 Å². The van der Waals surface area contributed by atoms with Crippen molar-refractivity contribution in [3.05, 3.63) is 70.8 Å². The average Bonchev–Trinajstić information content (AvgIpc) is 4.03. The molecule has 4 fully saturated rings. The number of unbranched alkanes of at least 4 members (excludes halogenated alkanes) is 5. The zero-order chi connectivity index (χ0) is 53.2. The molecule has 4 aliphatic heterocycles. The summed E-state index contributed by atoms with van der Waals surface area (Å²) in [6.07, 6.45) is 9.46. The van der Waals surface area contributed by atoms with E-state index in [1.807, 2.05) is 27.7 Å². The van der Waals surface area contributed by atoms with Gasteiger partial charge in [-0.05, 0) is 112 Å². The van der Waals surface area contributed by atoms with E-state index >= 15 is 0 Å². The van der Waals surface area contributed by atoms with Crippen LogP contribution in [0.2, 0.25) is 0 Å². The Morgan fingerprint density at radius 1 is 0.622 bits per heavy atom. The van der Waals surface area contributed by atoms with Gasteiger partial charge >= 0.3 is 0 Å². The van der Waals surface area contributed by atoms with E-state index < -0.39 is 58.9 Å². The van der Waals surface area contributed by atoms with Crippen molar-refractivity contribution in [1.29, 1.82) is 0 Å². The molecule has 4 saturated heterocycles. The second kappa shape index (κ2) is 23.6. The Balaban J connectivity index is 0.857. The molecule has 6 aliphatic rings. The number of likely N-dealkylation sites (N-methyl/N-ethyl adjacent to an activating group) is 2. The summed E-state index contributed by atoms with van der Waals surface area (Å²) >= 11 is 3.46. The number of carbonyl (C=O) groups excluding carboxylic acids is 6. The van der Waals surface area contributed by atoms with Crippen molar-refractivity contribution >= 4 is 59.0 Å². The van der Waals surface area contributed by atoms with E-state index in [9.17, 15) is 28.8 Å². The van der Waals surface area contributed by atoms with E-state index in [0.717, 1.165) is 51.4 Å². The third-order valence-corrected chi connectivity index (χ3v) is 20.1. The molecular weight excluding hydrogens is 977 g/mol. The highest BCUT2D eigenvalue weighted by Crippen LogP contribution is 2.54. The summed E-state index contributed by atoms with van der Waals surface area (Å²) < 4.78 is 13.6. The van der Waals surface area contributed by atoms with Gasteiger partial charge in [-0.25, -0.2) is 0 Å². The van der Waals surface area contributed by atoms with Crippen LogP contribution in [0.25, 0.3) is 0 Å². The number of carbonyl (C=O) groups is 6. The molecule has 8 rings (SSSR count). The number of hydrogen-bond acceptors (Lipinski definition) is 12. The van der Waals surface area contributed by atoms with Gasteiger partial charge in [-0.1, -0.05) is 102 Å². The van der Waals surface area contributed by atoms with Gasteiger partial charge in [0.15, 0.2) is 0 Å². The highest BCUT2D eigenvalue weighted by Gasteiger charge is 2.58. The maximum atomic E-state index is 14.4. The van der Waals surface area contributed by atoms with Crippen molar-refractivity contribution in [3.63, 3.8) is 0 Å². The highest BCUT2D eigenvalue weighted by molar-refractivity contribution is 8.00. The fourth-order valence-corrected chi connectivity index (χ4v) is 17.2. The summed E-state index contributed by atoms with van der Waals surface area (Å²) in [5, 5.41) is 11.4. The zero-order valence-corrected chi connectivity index (χ0v) is 46.4. The third kappa shape index (κ3) is 11.7. The molecule has 0 radical (unpaired) electrons. The lowest BCUT2D eigenvalue weighted by molar-refractivity contribution is -0.142. The van der Waals surface area contributed by atoms with Gasteiger partial charge in [0.05, 0.1) is 35.0 Å². The molecule has 406 valence electrons. The molecule has 2 aromatic rings. The lowest BCUT2D eigenvalue weighted by atomic mass is 9.84. The van der Waals surface area contributed by atoms with Crippen LogP contribution in [0.15, 0.2) is 48.5 Å². The molecule has 16 nitrogen and oxygen atoms in total. The van der Waals surface area contributed by atoms with E-state index in [-0.39, 0.29) is 68.9 Å². The number of nitrogens with one attached hydrogen (secondary N) is 4. The van der Waals surface area contributed by atoms with Crippen LogP contribution < -0.4 is 32.7 Å².